The Morgan fingerprint density at radius 1 is 1.59 bits per heavy atom. The third-order valence-electron chi connectivity index (χ3n) is 2.25. The maximum atomic E-state index is 11.3. The highest BCUT2D eigenvalue weighted by molar-refractivity contribution is 5.77. The fraction of sp³-hybridized carbons (Fsp3) is 0.308. The Morgan fingerprint density at radius 2 is 2.35 bits per heavy atom. The van der Waals surface area contributed by atoms with Gasteiger partial charge in [0.1, 0.15) is 5.75 Å². The Bertz CT molecular complexity index is 436. The Balaban J connectivity index is 2.63. The molecule has 0 saturated carbocycles. The van der Waals surface area contributed by atoms with Gasteiger partial charge in [0.15, 0.2) is 6.61 Å². The summed E-state index contributed by atoms with van der Waals surface area (Å²) in [4.78, 5) is 11.3. The van der Waals surface area contributed by atoms with Gasteiger partial charge in [-0.3, -0.25) is 4.79 Å². The SMILES string of the molecule is C#CCNC(=O)COc1c(C)cccc1CN. The second-order valence-electron chi connectivity index (χ2n) is 3.54. The number of aryl methyl sites for hydroxylation is 1. The van der Waals surface area contributed by atoms with E-state index >= 15 is 0 Å². The number of hydrogen-bond donors (Lipinski definition) is 2. The molecule has 0 atom stereocenters. The number of benzene rings is 1. The van der Waals surface area contributed by atoms with E-state index in [1.54, 1.807) is 0 Å². The minimum Gasteiger partial charge on any atom is -0.483 e. The highest BCUT2D eigenvalue weighted by Crippen LogP contribution is 2.22. The standard InChI is InChI=1S/C13H16N2O2/c1-3-7-15-12(16)9-17-13-10(2)5-4-6-11(13)8-14/h1,4-6H,7-9,14H2,2H3,(H,15,16). The monoisotopic (exact) mass is 232 g/mol. The summed E-state index contributed by atoms with van der Waals surface area (Å²) in [5.74, 6) is 2.75. The Morgan fingerprint density at radius 3 is 3.00 bits per heavy atom. The van der Waals surface area contributed by atoms with E-state index in [1.807, 2.05) is 25.1 Å². The summed E-state index contributed by atoms with van der Waals surface area (Å²) in [5, 5.41) is 2.53. The average Bonchev–Trinajstić information content (AvgIpc) is 2.34. The van der Waals surface area contributed by atoms with E-state index in [1.165, 1.54) is 0 Å². The van der Waals surface area contributed by atoms with Crippen LogP contribution in [0.3, 0.4) is 0 Å². The molecule has 0 spiro atoms. The molecular formula is C13H16N2O2. The smallest absolute Gasteiger partial charge is 0.258 e. The molecule has 0 radical (unpaired) electrons. The van der Waals surface area contributed by atoms with E-state index in [0.29, 0.717) is 12.3 Å². The van der Waals surface area contributed by atoms with Gasteiger partial charge >= 0.3 is 0 Å². The summed E-state index contributed by atoms with van der Waals surface area (Å²) in [7, 11) is 0. The number of nitrogens with two attached hydrogens (primary N) is 1. The number of terminal acetylenes is 1. The third kappa shape index (κ3) is 3.82. The van der Waals surface area contributed by atoms with Crippen LogP contribution in [-0.4, -0.2) is 19.1 Å². The number of carbonyl (C=O) groups excluding carboxylic acids is 1. The number of ether oxygens (including phenoxy) is 1. The summed E-state index contributed by atoms with van der Waals surface area (Å²) in [6, 6.07) is 5.69. The van der Waals surface area contributed by atoms with Crippen LogP contribution in [0.4, 0.5) is 0 Å². The predicted octanol–water partition coefficient (Wildman–Crippen LogP) is 0.582. The van der Waals surface area contributed by atoms with Gasteiger partial charge in [-0.15, -0.1) is 6.42 Å². The van der Waals surface area contributed by atoms with E-state index in [2.05, 4.69) is 11.2 Å². The van der Waals surface area contributed by atoms with Crippen molar-refractivity contribution in [3.63, 3.8) is 0 Å². The molecule has 1 aromatic rings. The van der Waals surface area contributed by atoms with Gasteiger partial charge in [0, 0.05) is 12.1 Å². The molecule has 0 heterocycles. The molecule has 4 nitrogen and oxygen atoms in total. The maximum absolute atomic E-state index is 11.3. The summed E-state index contributed by atoms with van der Waals surface area (Å²) in [6.45, 7) is 2.44. The van der Waals surface area contributed by atoms with E-state index in [-0.39, 0.29) is 19.1 Å². The lowest BCUT2D eigenvalue weighted by atomic mass is 10.1. The Hall–Kier alpha value is -1.99. The molecule has 4 heteroatoms. The number of carbonyl (C=O) groups is 1. The van der Waals surface area contributed by atoms with Crippen LogP contribution in [0.15, 0.2) is 18.2 Å². The minimum atomic E-state index is -0.242. The summed E-state index contributed by atoms with van der Waals surface area (Å²) in [6.07, 6.45) is 5.03. The fourth-order valence-electron chi connectivity index (χ4n) is 1.42. The molecule has 17 heavy (non-hydrogen) atoms. The van der Waals surface area contributed by atoms with Crippen LogP contribution in [-0.2, 0) is 11.3 Å². The van der Waals surface area contributed by atoms with Gasteiger partial charge in [-0.05, 0) is 12.5 Å². The summed E-state index contributed by atoms with van der Waals surface area (Å²) in [5.41, 5.74) is 7.44. The lowest BCUT2D eigenvalue weighted by Gasteiger charge is -2.12. The van der Waals surface area contributed by atoms with Crippen LogP contribution in [0.1, 0.15) is 11.1 Å². The zero-order valence-corrected chi connectivity index (χ0v) is 9.82. The van der Waals surface area contributed by atoms with Crippen molar-refractivity contribution in [1.82, 2.24) is 5.32 Å². The van der Waals surface area contributed by atoms with Crippen LogP contribution >= 0.6 is 0 Å². The first-order valence-electron chi connectivity index (χ1n) is 5.30. The maximum Gasteiger partial charge on any atom is 0.258 e. The average molecular weight is 232 g/mol. The highest BCUT2D eigenvalue weighted by atomic mass is 16.5. The third-order valence-corrected chi connectivity index (χ3v) is 2.25. The van der Waals surface area contributed by atoms with Crippen molar-refractivity contribution in [2.45, 2.75) is 13.5 Å². The fourth-order valence-corrected chi connectivity index (χ4v) is 1.42. The van der Waals surface area contributed by atoms with Crippen molar-refractivity contribution in [3.05, 3.63) is 29.3 Å². The van der Waals surface area contributed by atoms with Gasteiger partial charge in [-0.25, -0.2) is 0 Å². The molecule has 3 N–H and O–H groups in total. The second-order valence-corrected chi connectivity index (χ2v) is 3.54. The molecule has 90 valence electrons. The minimum absolute atomic E-state index is 0.0560. The Labute approximate surface area is 101 Å². The van der Waals surface area contributed by atoms with Gasteiger partial charge in [0.2, 0.25) is 0 Å². The van der Waals surface area contributed by atoms with Crippen LogP contribution in [0.5, 0.6) is 5.75 Å². The largest absolute Gasteiger partial charge is 0.483 e. The van der Waals surface area contributed by atoms with Gasteiger partial charge < -0.3 is 15.8 Å². The highest BCUT2D eigenvalue weighted by Gasteiger charge is 2.07. The van der Waals surface area contributed by atoms with Crippen LogP contribution in [0.2, 0.25) is 0 Å². The first kappa shape index (κ1) is 13.1. The van der Waals surface area contributed by atoms with Crippen molar-refractivity contribution in [1.29, 1.82) is 0 Å². The molecule has 0 fully saturated rings. The van der Waals surface area contributed by atoms with Crippen LogP contribution < -0.4 is 15.8 Å². The number of nitrogens with one attached hydrogen (secondary N) is 1. The molecule has 1 aromatic carbocycles. The van der Waals surface area contributed by atoms with Crippen LogP contribution in [0.25, 0.3) is 0 Å². The molecule has 0 aliphatic rings. The summed E-state index contributed by atoms with van der Waals surface area (Å²) < 4.78 is 5.46. The summed E-state index contributed by atoms with van der Waals surface area (Å²) >= 11 is 0. The van der Waals surface area contributed by atoms with Crippen molar-refractivity contribution in [3.8, 4) is 18.1 Å². The number of amides is 1. The molecule has 0 aromatic heterocycles. The molecule has 1 amide bonds. The molecule has 1 rings (SSSR count). The lowest BCUT2D eigenvalue weighted by Crippen LogP contribution is -2.29. The van der Waals surface area contributed by atoms with E-state index in [9.17, 15) is 4.79 Å². The van der Waals surface area contributed by atoms with Gasteiger partial charge in [0.05, 0.1) is 6.54 Å². The molecule has 0 aliphatic heterocycles. The van der Waals surface area contributed by atoms with E-state index in [4.69, 9.17) is 16.9 Å². The number of hydrogen-bond acceptors (Lipinski definition) is 3. The zero-order chi connectivity index (χ0) is 12.7. The number of rotatable bonds is 5. The van der Waals surface area contributed by atoms with Gasteiger partial charge in [0.25, 0.3) is 5.91 Å². The topological polar surface area (TPSA) is 64.3 Å². The zero-order valence-electron chi connectivity index (χ0n) is 9.82. The molecule has 0 aliphatic carbocycles. The first-order valence-corrected chi connectivity index (χ1v) is 5.30. The van der Waals surface area contributed by atoms with Crippen molar-refractivity contribution >= 4 is 5.91 Å². The lowest BCUT2D eigenvalue weighted by molar-refractivity contribution is -0.122. The molecule has 0 saturated heterocycles. The quantitative estimate of drug-likeness (QED) is 0.730. The van der Waals surface area contributed by atoms with Crippen molar-refractivity contribution < 1.29 is 9.53 Å². The molecule has 0 unspecified atom stereocenters. The van der Waals surface area contributed by atoms with Crippen molar-refractivity contribution in [2.24, 2.45) is 5.73 Å². The molecular weight excluding hydrogens is 216 g/mol. The van der Waals surface area contributed by atoms with Crippen molar-refractivity contribution in [2.75, 3.05) is 13.2 Å². The molecule has 0 bridgehead atoms. The van der Waals surface area contributed by atoms with Crippen LogP contribution in [0, 0.1) is 19.3 Å². The Kier molecular flexibility index (Phi) is 5.05. The van der Waals surface area contributed by atoms with Gasteiger partial charge in [-0.1, -0.05) is 24.1 Å². The first-order chi connectivity index (χ1) is 8.19. The van der Waals surface area contributed by atoms with Gasteiger partial charge in [-0.2, -0.15) is 0 Å². The number of para-hydroxylation sites is 1. The van der Waals surface area contributed by atoms with E-state index in [0.717, 1.165) is 11.1 Å². The van der Waals surface area contributed by atoms with E-state index < -0.39 is 0 Å². The normalized spacial score (nSPS) is 9.47. The predicted molar refractivity (Wildman–Crippen MR) is 66.4 cm³/mol. The second kappa shape index (κ2) is 6.56.